The third-order valence-electron chi connectivity index (χ3n) is 8.42. The zero-order valence-electron chi connectivity index (χ0n) is 23.5. The van der Waals surface area contributed by atoms with Crippen LogP contribution in [0.2, 0.25) is 0 Å². The lowest BCUT2D eigenvalue weighted by molar-refractivity contribution is -0.151. The first kappa shape index (κ1) is 28.5. The molecule has 3 aliphatic rings. The fourth-order valence-corrected chi connectivity index (χ4v) is 6.22. The van der Waals surface area contributed by atoms with Crippen LogP contribution in [0.1, 0.15) is 80.1 Å². The van der Waals surface area contributed by atoms with E-state index >= 15 is 0 Å². The predicted molar refractivity (Wildman–Crippen MR) is 152 cm³/mol. The van der Waals surface area contributed by atoms with Crippen LogP contribution >= 0.6 is 0 Å². The molecule has 9 heteroatoms. The number of aryl methyl sites for hydroxylation is 1. The highest BCUT2D eigenvalue weighted by Crippen LogP contribution is 2.38. The van der Waals surface area contributed by atoms with Crippen LogP contribution in [0, 0.1) is 18.7 Å². The van der Waals surface area contributed by atoms with Crippen molar-refractivity contribution in [2.75, 3.05) is 32.8 Å². The highest BCUT2D eigenvalue weighted by molar-refractivity contribution is 5.72. The van der Waals surface area contributed by atoms with Crippen LogP contribution in [0.3, 0.4) is 0 Å². The van der Waals surface area contributed by atoms with Gasteiger partial charge in [0.1, 0.15) is 11.6 Å². The topological polar surface area (TPSA) is 99.7 Å². The largest absolute Gasteiger partial charge is 0.493 e. The number of benzene rings is 1. The second-order valence-electron chi connectivity index (χ2n) is 11.2. The van der Waals surface area contributed by atoms with Gasteiger partial charge in [-0.15, -0.1) is 0 Å². The number of hydrogen-bond acceptors (Lipinski definition) is 7. The van der Waals surface area contributed by atoms with E-state index in [-0.39, 0.29) is 23.8 Å². The van der Waals surface area contributed by atoms with Crippen molar-refractivity contribution in [3.05, 3.63) is 63.1 Å². The number of rotatable bonds is 8. The van der Waals surface area contributed by atoms with Gasteiger partial charge in [-0.25, -0.2) is 9.37 Å². The maximum atomic E-state index is 13.9. The van der Waals surface area contributed by atoms with Gasteiger partial charge in [-0.1, -0.05) is 6.08 Å². The monoisotopic (exact) mass is 552 g/mol. The summed E-state index contributed by atoms with van der Waals surface area (Å²) >= 11 is 0. The molecule has 0 bridgehead atoms. The number of piperidine rings is 1. The number of fused-ring (bicyclic) bond motifs is 2. The summed E-state index contributed by atoms with van der Waals surface area (Å²) in [6.07, 6.45) is 8.73. The number of nitrogens with two attached hydrogens (primary N) is 1. The maximum absolute atomic E-state index is 13.9. The minimum Gasteiger partial charge on any atom is -0.493 e. The molecule has 8 nitrogen and oxygen atoms in total. The summed E-state index contributed by atoms with van der Waals surface area (Å²) in [5, 5.41) is 0. The van der Waals surface area contributed by atoms with Gasteiger partial charge in [-0.05, 0) is 102 Å². The van der Waals surface area contributed by atoms with Crippen LogP contribution in [0.4, 0.5) is 4.39 Å². The molecular formula is C31H41FN4O4. The lowest BCUT2D eigenvalue weighted by Crippen LogP contribution is -2.38. The second-order valence-corrected chi connectivity index (χ2v) is 11.2. The van der Waals surface area contributed by atoms with Crippen LogP contribution < -0.4 is 16.0 Å². The van der Waals surface area contributed by atoms with Crippen LogP contribution in [-0.4, -0.2) is 53.2 Å². The number of hydrogen-bond donors (Lipinski definition) is 1. The summed E-state index contributed by atoms with van der Waals surface area (Å²) in [5.74, 6) is 1.06. The van der Waals surface area contributed by atoms with Crippen LogP contribution in [-0.2, 0) is 22.5 Å². The van der Waals surface area contributed by atoms with E-state index in [1.165, 1.54) is 17.7 Å². The Morgan fingerprint density at radius 1 is 1.20 bits per heavy atom. The van der Waals surface area contributed by atoms with Gasteiger partial charge in [0, 0.05) is 42.4 Å². The van der Waals surface area contributed by atoms with Gasteiger partial charge in [0.15, 0.2) is 11.9 Å². The lowest BCUT2D eigenvalue weighted by Gasteiger charge is -2.34. The van der Waals surface area contributed by atoms with Crippen LogP contribution in [0.15, 0.2) is 29.1 Å². The molecule has 1 atom stereocenters. The van der Waals surface area contributed by atoms with Gasteiger partial charge in [0.2, 0.25) is 0 Å². The molecule has 1 unspecified atom stereocenters. The molecule has 0 aliphatic carbocycles. The van der Waals surface area contributed by atoms with Gasteiger partial charge in [-0.2, -0.15) is 0 Å². The van der Waals surface area contributed by atoms with Crippen molar-refractivity contribution in [2.45, 2.75) is 77.4 Å². The number of carbonyl (C=O) groups excluding carboxylic acids is 1. The summed E-state index contributed by atoms with van der Waals surface area (Å²) in [5.41, 5.74) is 9.27. The Bertz CT molecular complexity index is 1300. The highest BCUT2D eigenvalue weighted by Gasteiger charge is 2.29. The molecule has 1 aromatic carbocycles. The summed E-state index contributed by atoms with van der Waals surface area (Å²) in [6.45, 7) is 6.21. The van der Waals surface area contributed by atoms with Crippen LogP contribution in [0.5, 0.6) is 5.75 Å². The van der Waals surface area contributed by atoms with Crippen molar-refractivity contribution in [1.29, 1.82) is 0 Å². The molecule has 5 rings (SSSR count). The van der Waals surface area contributed by atoms with Crippen molar-refractivity contribution < 1.29 is 18.7 Å². The minimum absolute atomic E-state index is 0.0105. The normalized spacial score (nSPS) is 20.0. The molecule has 1 aromatic heterocycles. The Labute approximate surface area is 235 Å². The first-order valence-corrected chi connectivity index (χ1v) is 14.8. The zero-order valence-corrected chi connectivity index (χ0v) is 23.5. The molecule has 1 fully saturated rings. The van der Waals surface area contributed by atoms with E-state index in [1.807, 2.05) is 13.0 Å². The van der Waals surface area contributed by atoms with Gasteiger partial charge in [0.05, 0.1) is 6.61 Å². The maximum Gasteiger partial charge on any atom is 0.306 e. The van der Waals surface area contributed by atoms with Gasteiger partial charge in [0.25, 0.3) is 5.56 Å². The highest BCUT2D eigenvalue weighted by atomic mass is 19.1. The number of allylic oxidation sites excluding steroid dienone is 2. The number of likely N-dealkylation sites (tertiary alicyclic amines) is 1. The molecule has 40 heavy (non-hydrogen) atoms. The summed E-state index contributed by atoms with van der Waals surface area (Å²) in [6, 6.07) is 4.89. The Kier molecular flexibility index (Phi) is 9.32. The molecule has 0 spiro atoms. The van der Waals surface area contributed by atoms with E-state index in [9.17, 15) is 14.0 Å². The van der Waals surface area contributed by atoms with E-state index in [0.717, 1.165) is 68.6 Å². The van der Waals surface area contributed by atoms with E-state index in [4.69, 9.17) is 20.2 Å². The third kappa shape index (κ3) is 6.47. The van der Waals surface area contributed by atoms with E-state index in [2.05, 4.69) is 11.0 Å². The average Bonchev–Trinajstić information content (AvgIpc) is 2.94. The molecule has 216 valence electrons. The van der Waals surface area contributed by atoms with Gasteiger partial charge < -0.3 is 20.1 Å². The predicted octanol–water partition coefficient (Wildman–Crippen LogP) is 4.32. The smallest absolute Gasteiger partial charge is 0.306 e. The van der Waals surface area contributed by atoms with Crippen LogP contribution in [0.25, 0.3) is 5.57 Å². The quantitative estimate of drug-likeness (QED) is 0.487. The minimum atomic E-state index is -0.479. The Morgan fingerprint density at radius 3 is 2.83 bits per heavy atom. The van der Waals surface area contributed by atoms with Crippen molar-refractivity contribution in [3.8, 4) is 5.75 Å². The van der Waals surface area contributed by atoms with E-state index < -0.39 is 6.10 Å². The molecule has 4 heterocycles. The Morgan fingerprint density at radius 2 is 2.02 bits per heavy atom. The second kappa shape index (κ2) is 13.1. The third-order valence-corrected chi connectivity index (χ3v) is 8.42. The van der Waals surface area contributed by atoms with Gasteiger partial charge in [-0.3, -0.25) is 14.2 Å². The first-order valence-electron chi connectivity index (χ1n) is 14.8. The summed E-state index contributed by atoms with van der Waals surface area (Å²) in [4.78, 5) is 32.9. The SMILES string of the molecule is Cc1nc2n(c(=O)c1CCN1CCC(C3=CCCCOc4cc(F)ccc43)CC1)CCCC2OC(=O)CCCN. The number of esters is 1. The molecular weight excluding hydrogens is 511 g/mol. The number of ether oxygens (including phenoxy) is 2. The average molecular weight is 553 g/mol. The Hall–Kier alpha value is -3.04. The fraction of sp³-hybridized carbons (Fsp3) is 0.581. The molecule has 1 saturated heterocycles. The number of carbonyl (C=O) groups is 1. The van der Waals surface area contributed by atoms with Crippen molar-refractivity contribution in [3.63, 3.8) is 0 Å². The summed E-state index contributed by atoms with van der Waals surface area (Å²) < 4.78 is 27.1. The molecule has 2 aromatic rings. The fourth-order valence-electron chi connectivity index (χ4n) is 6.22. The molecule has 0 saturated carbocycles. The molecule has 2 N–H and O–H groups in total. The molecule has 3 aliphatic heterocycles. The number of nitrogens with zero attached hydrogens (tertiary/aromatic N) is 3. The van der Waals surface area contributed by atoms with Crippen molar-refractivity contribution in [1.82, 2.24) is 14.5 Å². The zero-order chi connectivity index (χ0) is 28.1. The Balaban J connectivity index is 1.22. The number of aromatic nitrogens is 2. The standard InChI is InChI=1S/C31H41FN4O4/c1-21-24(31(38)36-15-5-7-27(30(36)34-21)40-29(37)8-4-14-33)13-18-35-16-11-22(12-17-35)25-6-2-3-19-39-28-20-23(32)9-10-26(25)28/h6,9-10,20,22,27H,2-5,7-8,11-19,33H2,1H3. The van der Waals surface area contributed by atoms with E-state index in [0.29, 0.717) is 56.5 Å². The lowest BCUT2D eigenvalue weighted by atomic mass is 9.83. The molecule has 0 amide bonds. The summed E-state index contributed by atoms with van der Waals surface area (Å²) in [7, 11) is 0. The van der Waals surface area contributed by atoms with E-state index in [1.54, 1.807) is 4.57 Å². The number of halogens is 1. The van der Waals surface area contributed by atoms with Gasteiger partial charge >= 0.3 is 5.97 Å². The first-order chi connectivity index (χ1) is 19.4. The van der Waals surface area contributed by atoms with Crippen molar-refractivity contribution >= 4 is 11.5 Å². The molecule has 0 radical (unpaired) electrons. The van der Waals surface area contributed by atoms with Crippen molar-refractivity contribution in [2.24, 2.45) is 11.7 Å².